The fraction of sp³-hybridized carbons (Fsp3) is 0.550. The molecule has 27 heavy (non-hydrogen) atoms. The Morgan fingerprint density at radius 1 is 1.00 bits per heavy atom. The minimum absolute atomic E-state index is 0.258. The van der Waals surface area contributed by atoms with Gasteiger partial charge in [-0.3, -0.25) is 9.59 Å². The van der Waals surface area contributed by atoms with Crippen molar-refractivity contribution in [2.45, 2.75) is 63.8 Å². The van der Waals surface area contributed by atoms with Crippen LogP contribution < -0.4 is 16.4 Å². The van der Waals surface area contributed by atoms with Gasteiger partial charge in [-0.1, -0.05) is 56.0 Å². The lowest BCUT2D eigenvalue weighted by Crippen LogP contribution is -2.58. The number of unbranched alkanes of at least 4 members (excludes halogenated alkanes) is 5. The number of rotatable bonds is 13. The molecule has 3 amide bonds. The maximum Gasteiger partial charge on any atom is 0.405 e. The van der Waals surface area contributed by atoms with Crippen molar-refractivity contribution in [2.75, 3.05) is 6.54 Å². The molecule has 1 atom stereocenters. The van der Waals surface area contributed by atoms with Crippen LogP contribution in [0.5, 0.6) is 0 Å². The van der Waals surface area contributed by atoms with Gasteiger partial charge in [0.05, 0.1) is 0 Å². The first-order valence-electron chi connectivity index (χ1n) is 9.45. The van der Waals surface area contributed by atoms with Gasteiger partial charge in [-0.15, -0.1) is 0 Å². The van der Waals surface area contributed by atoms with E-state index in [4.69, 9.17) is 10.8 Å². The highest BCUT2D eigenvalue weighted by Gasteiger charge is 2.34. The Morgan fingerprint density at radius 3 is 2.19 bits per heavy atom. The van der Waals surface area contributed by atoms with Gasteiger partial charge >= 0.3 is 6.09 Å². The van der Waals surface area contributed by atoms with E-state index in [1.54, 1.807) is 6.92 Å². The van der Waals surface area contributed by atoms with Crippen LogP contribution in [0.4, 0.5) is 4.79 Å². The molecule has 0 saturated carbocycles. The molecule has 1 aromatic rings. The van der Waals surface area contributed by atoms with E-state index >= 15 is 0 Å². The Labute approximate surface area is 160 Å². The van der Waals surface area contributed by atoms with E-state index < -0.39 is 11.6 Å². The first kappa shape index (κ1) is 22.5. The lowest BCUT2D eigenvalue weighted by Gasteiger charge is -2.28. The third-order valence-corrected chi connectivity index (χ3v) is 4.42. The van der Waals surface area contributed by atoms with Crippen LogP contribution >= 0.6 is 0 Å². The van der Waals surface area contributed by atoms with E-state index in [-0.39, 0.29) is 18.2 Å². The Bertz CT molecular complexity index is 607. The van der Waals surface area contributed by atoms with Crippen molar-refractivity contribution in [2.24, 2.45) is 5.73 Å². The molecule has 7 nitrogen and oxygen atoms in total. The second kappa shape index (κ2) is 11.9. The monoisotopic (exact) mass is 377 g/mol. The van der Waals surface area contributed by atoms with Crippen LogP contribution in [0.2, 0.25) is 0 Å². The highest BCUT2D eigenvalue weighted by atomic mass is 16.4. The second-order valence-electron chi connectivity index (χ2n) is 7.02. The van der Waals surface area contributed by atoms with Gasteiger partial charge in [-0.25, -0.2) is 4.79 Å². The predicted octanol–water partition coefficient (Wildman–Crippen LogP) is 2.59. The number of primary amides is 1. The fourth-order valence-corrected chi connectivity index (χ4v) is 2.95. The maximum atomic E-state index is 12.6. The van der Waals surface area contributed by atoms with Crippen molar-refractivity contribution in [1.82, 2.24) is 10.6 Å². The van der Waals surface area contributed by atoms with E-state index in [1.807, 2.05) is 30.3 Å². The van der Waals surface area contributed by atoms with E-state index in [0.717, 1.165) is 44.1 Å². The Morgan fingerprint density at radius 2 is 1.59 bits per heavy atom. The molecule has 1 unspecified atom stereocenters. The van der Waals surface area contributed by atoms with E-state index in [0.29, 0.717) is 13.0 Å². The van der Waals surface area contributed by atoms with Gasteiger partial charge in [-0.05, 0) is 25.3 Å². The molecule has 0 heterocycles. The zero-order valence-electron chi connectivity index (χ0n) is 16.0. The van der Waals surface area contributed by atoms with Gasteiger partial charge in [0.25, 0.3) is 0 Å². The predicted molar refractivity (Wildman–Crippen MR) is 104 cm³/mol. The highest BCUT2D eigenvalue weighted by Crippen LogP contribution is 2.14. The summed E-state index contributed by atoms with van der Waals surface area (Å²) in [4.78, 5) is 34.3. The standard InChI is InChI=1S/C20H31N3O4/c1-20(23-19(26)27,15-16-11-7-6-8-12-16)18(25)22-14-10-5-3-2-4-9-13-17(21)24/h6-8,11-12,23H,2-5,9-10,13-15H2,1H3,(H2,21,24)(H,22,25)(H,26,27). The van der Waals surface area contributed by atoms with Crippen LogP contribution in [0.25, 0.3) is 0 Å². The number of amides is 3. The molecule has 0 bridgehead atoms. The van der Waals surface area contributed by atoms with Gasteiger partial charge in [0, 0.05) is 19.4 Å². The minimum atomic E-state index is -1.22. The highest BCUT2D eigenvalue weighted by molar-refractivity contribution is 5.89. The topological polar surface area (TPSA) is 122 Å². The number of hydrogen-bond donors (Lipinski definition) is 4. The summed E-state index contributed by atoms with van der Waals surface area (Å²) < 4.78 is 0. The number of carbonyl (C=O) groups is 3. The number of benzene rings is 1. The van der Waals surface area contributed by atoms with Crippen molar-refractivity contribution in [3.05, 3.63) is 35.9 Å². The van der Waals surface area contributed by atoms with Gasteiger partial charge in [0.2, 0.25) is 11.8 Å². The average molecular weight is 377 g/mol. The van der Waals surface area contributed by atoms with Gasteiger partial charge in [0.15, 0.2) is 0 Å². The summed E-state index contributed by atoms with van der Waals surface area (Å²) in [6.07, 6.45) is 5.17. The third-order valence-electron chi connectivity index (χ3n) is 4.42. The lowest BCUT2D eigenvalue weighted by molar-refractivity contribution is -0.126. The molecule has 1 aromatic carbocycles. The summed E-state index contributed by atoms with van der Waals surface area (Å²) >= 11 is 0. The molecule has 0 saturated heterocycles. The molecule has 0 aliphatic heterocycles. The number of hydrogen-bond acceptors (Lipinski definition) is 3. The molecule has 0 aliphatic rings. The first-order valence-corrected chi connectivity index (χ1v) is 9.45. The van der Waals surface area contributed by atoms with Gasteiger partial charge < -0.3 is 21.5 Å². The fourth-order valence-electron chi connectivity index (χ4n) is 2.95. The average Bonchev–Trinajstić information content (AvgIpc) is 2.60. The van der Waals surface area contributed by atoms with E-state index in [9.17, 15) is 14.4 Å². The molecule has 0 aromatic heterocycles. The molecule has 0 fully saturated rings. The smallest absolute Gasteiger partial charge is 0.405 e. The molecule has 0 aliphatic carbocycles. The van der Waals surface area contributed by atoms with Crippen molar-refractivity contribution in [3.63, 3.8) is 0 Å². The Kier molecular flexibility index (Phi) is 9.93. The molecule has 5 N–H and O–H groups in total. The normalized spacial score (nSPS) is 12.8. The molecule has 0 radical (unpaired) electrons. The number of carbonyl (C=O) groups excluding carboxylic acids is 2. The van der Waals surface area contributed by atoms with Crippen molar-refractivity contribution in [3.8, 4) is 0 Å². The molecule has 150 valence electrons. The molecule has 1 rings (SSSR count). The molecular formula is C20H31N3O4. The summed E-state index contributed by atoms with van der Waals surface area (Å²) in [5.41, 5.74) is 4.76. The Balaban J connectivity index is 2.35. The molecule has 0 spiro atoms. The van der Waals surface area contributed by atoms with Crippen molar-refractivity contribution in [1.29, 1.82) is 0 Å². The van der Waals surface area contributed by atoms with Crippen LogP contribution in [0.3, 0.4) is 0 Å². The zero-order valence-corrected chi connectivity index (χ0v) is 16.0. The van der Waals surface area contributed by atoms with E-state index in [1.165, 1.54) is 0 Å². The summed E-state index contributed by atoms with van der Waals surface area (Å²) in [6, 6.07) is 9.33. The SMILES string of the molecule is CC(Cc1ccccc1)(NC(=O)O)C(=O)NCCCCCCCCC(N)=O. The van der Waals surface area contributed by atoms with Crippen molar-refractivity contribution >= 4 is 17.9 Å². The maximum absolute atomic E-state index is 12.6. The quantitative estimate of drug-likeness (QED) is 0.395. The largest absolute Gasteiger partial charge is 0.465 e. The number of carboxylic acid groups (broad SMARTS) is 1. The van der Waals surface area contributed by atoms with Crippen molar-refractivity contribution < 1.29 is 19.5 Å². The molecular weight excluding hydrogens is 346 g/mol. The minimum Gasteiger partial charge on any atom is -0.465 e. The third kappa shape index (κ3) is 9.63. The van der Waals surface area contributed by atoms with E-state index in [2.05, 4.69) is 10.6 Å². The van der Waals surface area contributed by atoms with Crippen LogP contribution in [-0.2, 0) is 16.0 Å². The van der Waals surface area contributed by atoms with Gasteiger partial charge in [-0.2, -0.15) is 0 Å². The van der Waals surface area contributed by atoms with Crippen LogP contribution in [0, 0.1) is 0 Å². The lowest BCUT2D eigenvalue weighted by atomic mass is 9.91. The number of nitrogens with two attached hydrogens (primary N) is 1. The summed E-state index contributed by atoms with van der Waals surface area (Å²) in [5, 5.41) is 14.3. The summed E-state index contributed by atoms with van der Waals surface area (Å²) in [6.45, 7) is 2.11. The van der Waals surface area contributed by atoms with Crippen LogP contribution in [-0.4, -0.2) is 35.1 Å². The second-order valence-corrected chi connectivity index (χ2v) is 7.02. The summed E-state index contributed by atoms with van der Waals surface area (Å²) in [7, 11) is 0. The van der Waals surface area contributed by atoms with Crippen LogP contribution in [0.1, 0.15) is 57.4 Å². The Hall–Kier alpha value is -2.57. The van der Waals surface area contributed by atoms with Crippen LogP contribution in [0.15, 0.2) is 30.3 Å². The number of nitrogens with one attached hydrogen (secondary N) is 2. The molecule has 7 heteroatoms. The zero-order chi connectivity index (χ0) is 20.1. The first-order chi connectivity index (χ1) is 12.8. The summed E-state index contributed by atoms with van der Waals surface area (Å²) in [5.74, 6) is -0.582. The van der Waals surface area contributed by atoms with Gasteiger partial charge in [0.1, 0.15) is 5.54 Å².